The molecule has 0 heteroatoms. The molecular formula is C17H18. The molecule has 0 N–H and O–H groups in total. The number of aryl methyl sites for hydroxylation is 1. The maximum absolute atomic E-state index is 2.31. The number of hydrogen-bond donors (Lipinski definition) is 0. The molecule has 0 aromatic heterocycles. The van der Waals surface area contributed by atoms with Crippen molar-refractivity contribution in [3.05, 3.63) is 53.1 Å². The zero-order chi connectivity index (χ0) is 11.8. The summed E-state index contributed by atoms with van der Waals surface area (Å²) in [6, 6.07) is 13.3. The Balaban J connectivity index is 2.29. The van der Waals surface area contributed by atoms with Gasteiger partial charge in [0.15, 0.2) is 0 Å². The van der Waals surface area contributed by atoms with Crippen molar-refractivity contribution in [1.82, 2.24) is 0 Å². The van der Waals surface area contributed by atoms with Crippen molar-refractivity contribution in [2.24, 2.45) is 0 Å². The second-order valence-electron chi connectivity index (χ2n) is 4.89. The van der Waals surface area contributed by atoms with Gasteiger partial charge >= 0.3 is 0 Å². The molecule has 0 nitrogen and oxygen atoms in total. The van der Waals surface area contributed by atoms with Gasteiger partial charge in [0, 0.05) is 0 Å². The molecule has 2 aromatic carbocycles. The first-order valence-corrected chi connectivity index (χ1v) is 6.51. The SMILES string of the molecule is CCc1c(C(C)=C2CC2)ccc2ccccc12. The maximum Gasteiger partial charge on any atom is -0.0146 e. The Hall–Kier alpha value is -1.56. The predicted molar refractivity (Wildman–Crippen MR) is 75.2 cm³/mol. The molecule has 3 rings (SSSR count). The van der Waals surface area contributed by atoms with Crippen LogP contribution in [0.25, 0.3) is 16.3 Å². The standard InChI is InChI=1S/C17H18/c1-3-15-16(12(2)13-8-9-13)11-10-14-6-4-5-7-17(14)15/h4-7,10-11H,3,8-9H2,1-2H3. The lowest BCUT2D eigenvalue weighted by molar-refractivity contribution is 1.15. The van der Waals surface area contributed by atoms with Gasteiger partial charge < -0.3 is 0 Å². The summed E-state index contributed by atoms with van der Waals surface area (Å²) in [5.74, 6) is 0. The minimum absolute atomic E-state index is 1.11. The summed E-state index contributed by atoms with van der Waals surface area (Å²) in [7, 11) is 0. The van der Waals surface area contributed by atoms with Gasteiger partial charge in [-0.1, -0.05) is 48.9 Å². The van der Waals surface area contributed by atoms with E-state index >= 15 is 0 Å². The van der Waals surface area contributed by atoms with E-state index in [4.69, 9.17) is 0 Å². The maximum atomic E-state index is 2.31. The van der Waals surface area contributed by atoms with E-state index in [2.05, 4.69) is 50.2 Å². The monoisotopic (exact) mass is 222 g/mol. The quantitative estimate of drug-likeness (QED) is 0.673. The second-order valence-corrected chi connectivity index (χ2v) is 4.89. The average Bonchev–Trinajstić information content (AvgIpc) is 3.20. The summed E-state index contributed by atoms with van der Waals surface area (Å²) >= 11 is 0. The van der Waals surface area contributed by atoms with Gasteiger partial charge in [0.2, 0.25) is 0 Å². The zero-order valence-corrected chi connectivity index (χ0v) is 10.6. The summed E-state index contributed by atoms with van der Waals surface area (Å²) in [6.45, 7) is 4.54. The first-order chi connectivity index (χ1) is 8.31. The van der Waals surface area contributed by atoms with E-state index in [-0.39, 0.29) is 0 Å². The Morgan fingerprint density at radius 3 is 2.53 bits per heavy atom. The molecule has 1 saturated carbocycles. The summed E-state index contributed by atoms with van der Waals surface area (Å²) in [5.41, 5.74) is 6.15. The van der Waals surface area contributed by atoms with Crippen molar-refractivity contribution in [3.63, 3.8) is 0 Å². The van der Waals surface area contributed by atoms with Crippen LogP contribution in [0.5, 0.6) is 0 Å². The van der Waals surface area contributed by atoms with Crippen molar-refractivity contribution in [1.29, 1.82) is 0 Å². The van der Waals surface area contributed by atoms with E-state index in [9.17, 15) is 0 Å². The van der Waals surface area contributed by atoms with Gasteiger partial charge in [-0.05, 0) is 53.7 Å². The third-order valence-corrected chi connectivity index (χ3v) is 3.83. The minimum atomic E-state index is 1.11. The molecule has 1 fully saturated rings. The predicted octanol–water partition coefficient (Wildman–Crippen LogP) is 4.97. The highest BCUT2D eigenvalue weighted by Gasteiger charge is 2.17. The smallest absolute Gasteiger partial charge is 0.0146 e. The largest absolute Gasteiger partial charge is 0.0660 e. The fourth-order valence-corrected chi connectivity index (χ4v) is 2.70. The highest BCUT2D eigenvalue weighted by molar-refractivity contribution is 5.91. The summed E-state index contributed by atoms with van der Waals surface area (Å²) in [6.07, 6.45) is 3.73. The molecule has 0 atom stereocenters. The van der Waals surface area contributed by atoms with E-state index in [1.165, 1.54) is 40.3 Å². The Morgan fingerprint density at radius 1 is 1.06 bits per heavy atom. The lowest BCUT2D eigenvalue weighted by Gasteiger charge is -2.12. The molecule has 2 aromatic rings. The third-order valence-electron chi connectivity index (χ3n) is 3.83. The zero-order valence-electron chi connectivity index (χ0n) is 10.6. The molecule has 17 heavy (non-hydrogen) atoms. The lowest BCUT2D eigenvalue weighted by Crippen LogP contribution is -1.92. The van der Waals surface area contributed by atoms with Crippen LogP contribution in [-0.2, 0) is 6.42 Å². The normalized spacial score (nSPS) is 14.1. The van der Waals surface area contributed by atoms with Crippen LogP contribution in [-0.4, -0.2) is 0 Å². The van der Waals surface area contributed by atoms with Gasteiger partial charge in [0.05, 0.1) is 0 Å². The molecule has 0 saturated heterocycles. The molecule has 0 heterocycles. The minimum Gasteiger partial charge on any atom is -0.0660 e. The number of benzene rings is 2. The molecule has 0 spiro atoms. The Kier molecular flexibility index (Phi) is 2.51. The van der Waals surface area contributed by atoms with Crippen LogP contribution in [0, 0.1) is 0 Å². The van der Waals surface area contributed by atoms with E-state index in [0.29, 0.717) is 0 Å². The number of fused-ring (bicyclic) bond motifs is 1. The number of allylic oxidation sites excluding steroid dienone is 2. The van der Waals surface area contributed by atoms with Gasteiger partial charge in [-0.25, -0.2) is 0 Å². The van der Waals surface area contributed by atoms with E-state index in [0.717, 1.165) is 6.42 Å². The first kappa shape index (κ1) is 10.6. The van der Waals surface area contributed by atoms with Crippen LogP contribution in [0.2, 0.25) is 0 Å². The van der Waals surface area contributed by atoms with E-state index in [1.807, 2.05) is 0 Å². The third kappa shape index (κ3) is 1.78. The summed E-state index contributed by atoms with van der Waals surface area (Å²) in [4.78, 5) is 0. The Labute approximate surface area is 103 Å². The van der Waals surface area contributed by atoms with E-state index < -0.39 is 0 Å². The van der Waals surface area contributed by atoms with Crippen LogP contribution in [0.4, 0.5) is 0 Å². The van der Waals surface area contributed by atoms with Crippen molar-refractivity contribution in [2.75, 3.05) is 0 Å². The molecule has 1 aliphatic carbocycles. The van der Waals surface area contributed by atoms with Gasteiger partial charge in [-0.2, -0.15) is 0 Å². The van der Waals surface area contributed by atoms with Crippen LogP contribution < -0.4 is 0 Å². The molecule has 0 amide bonds. The van der Waals surface area contributed by atoms with Gasteiger partial charge in [-0.3, -0.25) is 0 Å². The van der Waals surface area contributed by atoms with Gasteiger partial charge in [-0.15, -0.1) is 0 Å². The van der Waals surface area contributed by atoms with Crippen LogP contribution >= 0.6 is 0 Å². The lowest BCUT2D eigenvalue weighted by atomic mass is 9.93. The van der Waals surface area contributed by atoms with E-state index in [1.54, 1.807) is 5.57 Å². The van der Waals surface area contributed by atoms with Crippen molar-refractivity contribution in [2.45, 2.75) is 33.1 Å². The molecular weight excluding hydrogens is 204 g/mol. The highest BCUT2D eigenvalue weighted by Crippen LogP contribution is 2.38. The molecule has 1 aliphatic rings. The van der Waals surface area contributed by atoms with Crippen molar-refractivity contribution in [3.8, 4) is 0 Å². The molecule has 0 unspecified atom stereocenters. The molecule has 0 aliphatic heterocycles. The summed E-state index contributed by atoms with van der Waals surface area (Å²) < 4.78 is 0. The Bertz CT molecular complexity index is 596. The summed E-state index contributed by atoms with van der Waals surface area (Å²) in [5, 5.41) is 2.79. The van der Waals surface area contributed by atoms with Gasteiger partial charge in [0.25, 0.3) is 0 Å². The van der Waals surface area contributed by atoms with Crippen LogP contribution in [0.3, 0.4) is 0 Å². The van der Waals surface area contributed by atoms with Crippen molar-refractivity contribution >= 4 is 16.3 Å². The van der Waals surface area contributed by atoms with Crippen LogP contribution in [0.15, 0.2) is 42.0 Å². The molecule has 0 bridgehead atoms. The van der Waals surface area contributed by atoms with Gasteiger partial charge in [0.1, 0.15) is 0 Å². The van der Waals surface area contributed by atoms with Crippen LogP contribution in [0.1, 0.15) is 37.8 Å². The Morgan fingerprint density at radius 2 is 1.82 bits per heavy atom. The number of hydrogen-bond acceptors (Lipinski definition) is 0. The highest BCUT2D eigenvalue weighted by atomic mass is 14.2. The molecule has 0 radical (unpaired) electrons. The molecule has 86 valence electrons. The second kappa shape index (κ2) is 4.03. The fourth-order valence-electron chi connectivity index (χ4n) is 2.70. The first-order valence-electron chi connectivity index (χ1n) is 6.51. The average molecular weight is 222 g/mol. The fraction of sp³-hybridized carbons (Fsp3) is 0.294. The number of rotatable bonds is 2. The topological polar surface area (TPSA) is 0 Å². The van der Waals surface area contributed by atoms with Crippen molar-refractivity contribution < 1.29 is 0 Å².